The number of carbonyl (C=O) groups excluding carboxylic acids is 1. The number of hydrogen-bond acceptors (Lipinski definition) is 4. The zero-order valence-corrected chi connectivity index (χ0v) is 17.1. The molecular formula is C22H25N3O3S. The Labute approximate surface area is 175 Å². The highest BCUT2D eigenvalue weighted by Gasteiger charge is 2.25. The van der Waals surface area contributed by atoms with E-state index in [1.165, 1.54) is 5.56 Å². The Kier molecular flexibility index (Phi) is 6.95. The van der Waals surface area contributed by atoms with E-state index in [0.29, 0.717) is 6.54 Å². The van der Waals surface area contributed by atoms with Gasteiger partial charge in [-0.15, -0.1) is 0 Å². The van der Waals surface area contributed by atoms with E-state index < -0.39 is 18.1 Å². The number of H-pyrrole nitrogens is 1. The van der Waals surface area contributed by atoms with Gasteiger partial charge in [-0.1, -0.05) is 48.0 Å². The molecule has 0 fully saturated rings. The molecule has 3 rings (SSSR count). The Bertz CT molecular complexity index is 984. The molecule has 0 aliphatic carbocycles. The van der Waals surface area contributed by atoms with Crippen LogP contribution in [0.3, 0.4) is 0 Å². The van der Waals surface area contributed by atoms with Crippen molar-refractivity contribution in [2.45, 2.75) is 32.0 Å². The van der Waals surface area contributed by atoms with Crippen LogP contribution in [0.15, 0.2) is 54.7 Å². The summed E-state index contributed by atoms with van der Waals surface area (Å²) in [6.45, 7) is 2.51. The van der Waals surface area contributed by atoms with Crippen molar-refractivity contribution < 1.29 is 14.7 Å². The largest absolute Gasteiger partial charge is 0.480 e. The lowest BCUT2D eigenvalue weighted by atomic mass is 10.0. The second-order valence-electron chi connectivity index (χ2n) is 7.06. The maximum absolute atomic E-state index is 12.7. The average Bonchev–Trinajstić information content (AvgIpc) is 3.12. The molecule has 0 aliphatic heterocycles. The molecule has 4 N–H and O–H groups in total. The molecule has 29 heavy (non-hydrogen) atoms. The number of aliphatic carboxylic acids is 1. The van der Waals surface area contributed by atoms with Gasteiger partial charge in [0.15, 0.2) is 0 Å². The summed E-state index contributed by atoms with van der Waals surface area (Å²) in [6.07, 6.45) is 1.99. The van der Waals surface area contributed by atoms with Gasteiger partial charge in [0.2, 0.25) is 5.91 Å². The maximum Gasteiger partial charge on any atom is 0.326 e. The number of benzene rings is 2. The monoisotopic (exact) mass is 411 g/mol. The normalized spacial score (nSPS) is 13.2. The predicted octanol–water partition coefficient (Wildman–Crippen LogP) is 2.68. The third kappa shape index (κ3) is 5.40. The minimum absolute atomic E-state index is 0.197. The second kappa shape index (κ2) is 9.62. The van der Waals surface area contributed by atoms with Crippen LogP contribution in [0.4, 0.5) is 0 Å². The lowest BCUT2D eigenvalue weighted by Gasteiger charge is -2.20. The van der Waals surface area contributed by atoms with E-state index in [4.69, 9.17) is 0 Å². The molecule has 2 aromatic carbocycles. The highest BCUT2D eigenvalue weighted by Crippen LogP contribution is 2.19. The summed E-state index contributed by atoms with van der Waals surface area (Å²) in [6, 6.07) is 14.1. The minimum atomic E-state index is -1.07. The van der Waals surface area contributed by atoms with Crippen molar-refractivity contribution in [1.82, 2.24) is 15.6 Å². The van der Waals surface area contributed by atoms with Gasteiger partial charge in [0.25, 0.3) is 0 Å². The quantitative estimate of drug-likeness (QED) is 0.350. The van der Waals surface area contributed by atoms with Crippen molar-refractivity contribution in [1.29, 1.82) is 0 Å². The van der Waals surface area contributed by atoms with Gasteiger partial charge in [-0.2, -0.15) is 12.6 Å². The number of amides is 1. The molecule has 1 amide bonds. The van der Waals surface area contributed by atoms with Gasteiger partial charge < -0.3 is 20.7 Å². The second-order valence-corrected chi connectivity index (χ2v) is 7.43. The maximum atomic E-state index is 12.7. The fraction of sp³-hybridized carbons (Fsp3) is 0.273. The molecule has 1 aromatic heterocycles. The number of hydrogen-bond donors (Lipinski definition) is 5. The topological polar surface area (TPSA) is 94.2 Å². The van der Waals surface area contributed by atoms with E-state index in [-0.39, 0.29) is 18.1 Å². The van der Waals surface area contributed by atoms with E-state index in [0.717, 1.165) is 22.0 Å². The van der Waals surface area contributed by atoms with E-state index >= 15 is 0 Å². The first-order chi connectivity index (χ1) is 14.0. The zero-order chi connectivity index (χ0) is 20.8. The summed E-state index contributed by atoms with van der Waals surface area (Å²) in [5.41, 5.74) is 4.00. The first-order valence-electron chi connectivity index (χ1n) is 9.46. The van der Waals surface area contributed by atoms with Crippen molar-refractivity contribution in [3.05, 3.63) is 71.4 Å². The van der Waals surface area contributed by atoms with Crippen molar-refractivity contribution in [2.24, 2.45) is 0 Å². The molecule has 0 bridgehead atoms. The number of aryl methyl sites for hydroxylation is 1. The first-order valence-corrected chi connectivity index (χ1v) is 10.1. The molecular weight excluding hydrogens is 386 g/mol. The minimum Gasteiger partial charge on any atom is -0.480 e. The van der Waals surface area contributed by atoms with Gasteiger partial charge in [0, 0.05) is 35.8 Å². The molecule has 0 saturated carbocycles. The summed E-state index contributed by atoms with van der Waals surface area (Å²) >= 11 is 4.25. The van der Waals surface area contributed by atoms with Crippen LogP contribution in [0.1, 0.15) is 16.7 Å². The van der Waals surface area contributed by atoms with Gasteiger partial charge >= 0.3 is 5.97 Å². The van der Waals surface area contributed by atoms with Gasteiger partial charge in [-0.25, -0.2) is 4.79 Å². The Balaban J connectivity index is 1.64. The van der Waals surface area contributed by atoms with Crippen molar-refractivity contribution in [3.63, 3.8) is 0 Å². The van der Waals surface area contributed by atoms with Crippen LogP contribution >= 0.6 is 12.6 Å². The SMILES string of the molecule is Cc1ccc(CN[C@H](CS)C(=O)N[C@H](Cc2c[nH]c3ccccc23)C(=O)O)cc1. The molecule has 2 atom stereocenters. The van der Waals surface area contributed by atoms with Gasteiger partial charge in [0.1, 0.15) is 6.04 Å². The number of aromatic nitrogens is 1. The number of carboxylic acid groups (broad SMARTS) is 1. The molecule has 0 spiro atoms. The summed E-state index contributed by atoms with van der Waals surface area (Å²) in [7, 11) is 0. The number of aromatic amines is 1. The molecule has 0 saturated heterocycles. The molecule has 6 nitrogen and oxygen atoms in total. The molecule has 0 aliphatic rings. The summed E-state index contributed by atoms with van der Waals surface area (Å²) < 4.78 is 0. The van der Waals surface area contributed by atoms with Crippen molar-refractivity contribution >= 4 is 35.4 Å². The summed E-state index contributed by atoms with van der Waals surface area (Å²) in [5, 5.41) is 16.4. The predicted molar refractivity (Wildman–Crippen MR) is 117 cm³/mol. The molecule has 7 heteroatoms. The van der Waals surface area contributed by atoms with E-state index in [1.54, 1.807) is 6.20 Å². The van der Waals surface area contributed by atoms with Crippen LogP contribution in [-0.4, -0.2) is 39.8 Å². The van der Waals surface area contributed by atoms with Crippen LogP contribution in [0.5, 0.6) is 0 Å². The van der Waals surface area contributed by atoms with E-state index in [1.807, 2.05) is 55.5 Å². The number of para-hydroxylation sites is 1. The average molecular weight is 412 g/mol. The van der Waals surface area contributed by atoms with Gasteiger partial charge in [0.05, 0.1) is 6.04 Å². The molecule has 3 aromatic rings. The number of fused-ring (bicyclic) bond motifs is 1. The van der Waals surface area contributed by atoms with Crippen LogP contribution in [0, 0.1) is 6.92 Å². The molecule has 1 heterocycles. The highest BCUT2D eigenvalue weighted by molar-refractivity contribution is 7.80. The number of thiol groups is 1. The van der Waals surface area contributed by atoms with Crippen LogP contribution in [0.2, 0.25) is 0 Å². The van der Waals surface area contributed by atoms with E-state index in [9.17, 15) is 14.7 Å². The Morgan fingerprint density at radius 1 is 1.10 bits per heavy atom. The Morgan fingerprint density at radius 2 is 1.83 bits per heavy atom. The van der Waals surface area contributed by atoms with Crippen molar-refractivity contribution in [2.75, 3.05) is 5.75 Å². The fourth-order valence-electron chi connectivity index (χ4n) is 3.18. The number of carbonyl (C=O) groups is 2. The fourth-order valence-corrected chi connectivity index (χ4v) is 3.47. The summed E-state index contributed by atoms with van der Waals surface area (Å²) in [4.78, 5) is 27.5. The molecule has 0 radical (unpaired) electrons. The third-order valence-electron chi connectivity index (χ3n) is 4.89. The molecule has 152 valence electrons. The van der Waals surface area contributed by atoms with Crippen LogP contribution in [0.25, 0.3) is 10.9 Å². The first kappa shape index (κ1) is 21.0. The smallest absolute Gasteiger partial charge is 0.326 e. The van der Waals surface area contributed by atoms with E-state index in [2.05, 4.69) is 28.2 Å². The van der Waals surface area contributed by atoms with Crippen LogP contribution in [-0.2, 0) is 22.6 Å². The zero-order valence-electron chi connectivity index (χ0n) is 16.2. The van der Waals surface area contributed by atoms with Crippen molar-refractivity contribution in [3.8, 4) is 0 Å². The van der Waals surface area contributed by atoms with Gasteiger partial charge in [-0.05, 0) is 24.1 Å². The van der Waals surface area contributed by atoms with Gasteiger partial charge in [-0.3, -0.25) is 4.79 Å². The lowest BCUT2D eigenvalue weighted by molar-refractivity contribution is -0.142. The number of rotatable bonds is 9. The Hall–Kier alpha value is -2.77. The third-order valence-corrected chi connectivity index (χ3v) is 5.25. The lowest BCUT2D eigenvalue weighted by Crippen LogP contribution is -2.51. The highest BCUT2D eigenvalue weighted by atomic mass is 32.1. The standard InChI is InChI=1S/C22H25N3O3S/c1-14-6-8-15(9-7-14)11-23-20(13-29)21(26)25-19(22(27)28)10-16-12-24-18-5-3-2-4-17(16)18/h2-9,12,19-20,23-24,29H,10-11,13H2,1H3,(H,25,26)(H,27,28)/t19-,20-/m1/s1. The number of carboxylic acids is 1. The Morgan fingerprint density at radius 3 is 2.52 bits per heavy atom. The molecule has 0 unspecified atom stereocenters. The summed E-state index contributed by atoms with van der Waals surface area (Å²) in [5.74, 6) is -1.18. The number of nitrogens with one attached hydrogen (secondary N) is 3. The van der Waals surface area contributed by atoms with Crippen LogP contribution < -0.4 is 10.6 Å².